The summed E-state index contributed by atoms with van der Waals surface area (Å²) in [5, 5.41) is 2.87. The van der Waals surface area contributed by atoms with E-state index >= 15 is 0 Å². The van der Waals surface area contributed by atoms with Crippen molar-refractivity contribution >= 4 is 5.78 Å². The standard InChI is InChI=1S/C8H15NO2/c1-9-6-8(10)7-2-4-11-5-3-7/h7,9H,2-6H2,1H3. The summed E-state index contributed by atoms with van der Waals surface area (Å²) in [4.78, 5) is 11.3. The van der Waals surface area contributed by atoms with Gasteiger partial charge in [0.05, 0.1) is 6.54 Å². The van der Waals surface area contributed by atoms with Gasteiger partial charge in [-0.3, -0.25) is 4.79 Å². The molecule has 0 amide bonds. The largest absolute Gasteiger partial charge is 0.381 e. The molecule has 0 aromatic rings. The smallest absolute Gasteiger partial charge is 0.149 e. The zero-order valence-corrected chi connectivity index (χ0v) is 6.93. The second kappa shape index (κ2) is 4.46. The van der Waals surface area contributed by atoms with E-state index in [9.17, 15) is 4.79 Å². The molecule has 3 nitrogen and oxygen atoms in total. The zero-order valence-electron chi connectivity index (χ0n) is 6.93. The number of hydrogen-bond acceptors (Lipinski definition) is 3. The minimum atomic E-state index is 0.246. The fourth-order valence-electron chi connectivity index (χ4n) is 1.34. The van der Waals surface area contributed by atoms with E-state index in [1.807, 2.05) is 0 Å². The van der Waals surface area contributed by atoms with Crippen LogP contribution < -0.4 is 5.32 Å². The van der Waals surface area contributed by atoms with Gasteiger partial charge in [-0.1, -0.05) is 0 Å². The minimum Gasteiger partial charge on any atom is -0.381 e. The number of likely N-dealkylation sites (N-methyl/N-ethyl adjacent to an activating group) is 1. The Morgan fingerprint density at radius 2 is 2.18 bits per heavy atom. The van der Waals surface area contributed by atoms with Gasteiger partial charge in [0, 0.05) is 19.1 Å². The molecule has 0 spiro atoms. The number of nitrogens with one attached hydrogen (secondary N) is 1. The number of carbonyl (C=O) groups is 1. The summed E-state index contributed by atoms with van der Waals surface area (Å²) in [6, 6.07) is 0. The summed E-state index contributed by atoms with van der Waals surface area (Å²) in [5.41, 5.74) is 0. The molecule has 0 bridgehead atoms. The number of carbonyl (C=O) groups excluding carboxylic acids is 1. The van der Waals surface area contributed by atoms with Gasteiger partial charge in [-0.2, -0.15) is 0 Å². The molecule has 11 heavy (non-hydrogen) atoms. The number of ether oxygens (including phenoxy) is 1. The average Bonchev–Trinajstić information content (AvgIpc) is 2.07. The van der Waals surface area contributed by atoms with Crippen molar-refractivity contribution in [3.05, 3.63) is 0 Å². The van der Waals surface area contributed by atoms with Crippen molar-refractivity contribution in [3.8, 4) is 0 Å². The van der Waals surface area contributed by atoms with E-state index < -0.39 is 0 Å². The number of Topliss-reactive ketones (excluding diaryl/α,β-unsaturated/α-hetero) is 1. The topological polar surface area (TPSA) is 38.3 Å². The third-order valence-electron chi connectivity index (χ3n) is 2.03. The third kappa shape index (κ3) is 2.60. The van der Waals surface area contributed by atoms with Crippen LogP contribution in [0.4, 0.5) is 0 Å². The first kappa shape index (κ1) is 8.68. The Morgan fingerprint density at radius 3 is 2.73 bits per heavy atom. The van der Waals surface area contributed by atoms with Crippen molar-refractivity contribution in [2.24, 2.45) is 5.92 Å². The minimum absolute atomic E-state index is 0.246. The fraction of sp³-hybridized carbons (Fsp3) is 0.875. The molecule has 64 valence electrons. The van der Waals surface area contributed by atoms with E-state index in [1.54, 1.807) is 7.05 Å². The predicted octanol–water partition coefficient (Wildman–Crippen LogP) is 0.201. The van der Waals surface area contributed by atoms with Crippen LogP contribution in [-0.4, -0.2) is 32.6 Å². The third-order valence-corrected chi connectivity index (χ3v) is 2.03. The van der Waals surface area contributed by atoms with Crippen molar-refractivity contribution < 1.29 is 9.53 Å². The highest BCUT2D eigenvalue weighted by Gasteiger charge is 2.20. The van der Waals surface area contributed by atoms with E-state index in [1.165, 1.54) is 0 Å². The first-order valence-electron chi connectivity index (χ1n) is 4.09. The first-order chi connectivity index (χ1) is 5.34. The molecule has 0 radical (unpaired) electrons. The second-order valence-corrected chi connectivity index (χ2v) is 2.88. The maximum Gasteiger partial charge on any atom is 0.149 e. The number of hydrogen-bond donors (Lipinski definition) is 1. The summed E-state index contributed by atoms with van der Waals surface area (Å²) in [6.45, 7) is 2.00. The van der Waals surface area contributed by atoms with E-state index in [0.717, 1.165) is 26.1 Å². The van der Waals surface area contributed by atoms with Gasteiger partial charge < -0.3 is 10.1 Å². The molecule has 0 aromatic heterocycles. The van der Waals surface area contributed by atoms with E-state index in [4.69, 9.17) is 4.74 Å². The highest BCUT2D eigenvalue weighted by atomic mass is 16.5. The van der Waals surface area contributed by atoms with E-state index in [-0.39, 0.29) is 5.92 Å². The van der Waals surface area contributed by atoms with Crippen LogP contribution in [-0.2, 0) is 9.53 Å². The maximum absolute atomic E-state index is 11.3. The lowest BCUT2D eigenvalue weighted by Crippen LogP contribution is -2.30. The lowest BCUT2D eigenvalue weighted by Gasteiger charge is -2.20. The summed E-state index contributed by atoms with van der Waals surface area (Å²) in [7, 11) is 1.80. The average molecular weight is 157 g/mol. The van der Waals surface area contributed by atoms with Gasteiger partial charge in [0.2, 0.25) is 0 Å². The highest BCUT2D eigenvalue weighted by molar-refractivity contribution is 5.82. The van der Waals surface area contributed by atoms with Crippen molar-refractivity contribution in [1.82, 2.24) is 5.32 Å². The van der Waals surface area contributed by atoms with Crippen LogP contribution >= 0.6 is 0 Å². The monoisotopic (exact) mass is 157 g/mol. The molecular weight excluding hydrogens is 142 g/mol. The van der Waals surface area contributed by atoms with Crippen LogP contribution in [0.1, 0.15) is 12.8 Å². The molecule has 0 saturated carbocycles. The lowest BCUT2D eigenvalue weighted by molar-refractivity contribution is -0.124. The van der Waals surface area contributed by atoms with Gasteiger partial charge >= 0.3 is 0 Å². The Labute approximate surface area is 67.1 Å². The van der Waals surface area contributed by atoms with Gasteiger partial charge in [-0.15, -0.1) is 0 Å². The lowest BCUT2D eigenvalue weighted by atomic mass is 9.95. The molecule has 1 fully saturated rings. The van der Waals surface area contributed by atoms with Crippen LogP contribution in [0.15, 0.2) is 0 Å². The molecule has 0 atom stereocenters. The quantitative estimate of drug-likeness (QED) is 0.636. The van der Waals surface area contributed by atoms with Gasteiger partial charge in [0.25, 0.3) is 0 Å². The molecule has 0 aromatic carbocycles. The maximum atomic E-state index is 11.3. The van der Waals surface area contributed by atoms with Gasteiger partial charge in [-0.25, -0.2) is 0 Å². The van der Waals surface area contributed by atoms with Crippen molar-refractivity contribution in [1.29, 1.82) is 0 Å². The SMILES string of the molecule is CNCC(=O)C1CCOCC1. The molecular formula is C8H15NO2. The molecule has 1 heterocycles. The summed E-state index contributed by atoms with van der Waals surface area (Å²) in [6.07, 6.45) is 1.81. The fourth-order valence-corrected chi connectivity index (χ4v) is 1.34. The molecule has 3 heteroatoms. The van der Waals surface area contributed by atoms with Gasteiger partial charge in [0.15, 0.2) is 0 Å². The summed E-state index contributed by atoms with van der Waals surface area (Å²) in [5.74, 6) is 0.576. The van der Waals surface area contributed by atoms with E-state index in [0.29, 0.717) is 12.3 Å². The normalized spacial score (nSPS) is 20.1. The first-order valence-corrected chi connectivity index (χ1v) is 4.09. The van der Waals surface area contributed by atoms with Crippen LogP contribution in [0.25, 0.3) is 0 Å². The molecule has 1 saturated heterocycles. The Kier molecular flexibility index (Phi) is 3.52. The van der Waals surface area contributed by atoms with Crippen LogP contribution in [0.2, 0.25) is 0 Å². The number of ketones is 1. The van der Waals surface area contributed by atoms with Crippen LogP contribution in [0, 0.1) is 5.92 Å². The molecule has 1 N–H and O–H groups in total. The Morgan fingerprint density at radius 1 is 1.55 bits per heavy atom. The van der Waals surface area contributed by atoms with Gasteiger partial charge in [-0.05, 0) is 19.9 Å². The molecule has 0 aliphatic carbocycles. The Hall–Kier alpha value is -0.410. The van der Waals surface area contributed by atoms with E-state index in [2.05, 4.69) is 5.32 Å². The molecule has 1 rings (SSSR count). The predicted molar refractivity (Wildman–Crippen MR) is 42.5 cm³/mol. The molecule has 0 unspecified atom stereocenters. The zero-order chi connectivity index (χ0) is 8.10. The second-order valence-electron chi connectivity index (χ2n) is 2.88. The Balaban J connectivity index is 2.27. The van der Waals surface area contributed by atoms with Crippen LogP contribution in [0.5, 0.6) is 0 Å². The van der Waals surface area contributed by atoms with Crippen molar-refractivity contribution in [3.63, 3.8) is 0 Å². The van der Waals surface area contributed by atoms with Gasteiger partial charge in [0.1, 0.15) is 5.78 Å². The summed E-state index contributed by atoms with van der Waals surface area (Å²) >= 11 is 0. The van der Waals surface area contributed by atoms with Crippen LogP contribution in [0.3, 0.4) is 0 Å². The Bertz CT molecular complexity index is 130. The molecule has 1 aliphatic rings. The summed E-state index contributed by atoms with van der Waals surface area (Å²) < 4.78 is 5.16. The highest BCUT2D eigenvalue weighted by Crippen LogP contribution is 2.14. The van der Waals surface area contributed by atoms with Crippen molar-refractivity contribution in [2.75, 3.05) is 26.8 Å². The molecule has 1 aliphatic heterocycles. The number of rotatable bonds is 3. The van der Waals surface area contributed by atoms with Crippen molar-refractivity contribution in [2.45, 2.75) is 12.8 Å².